The van der Waals surface area contributed by atoms with E-state index in [1.807, 2.05) is 0 Å². The first-order valence-corrected chi connectivity index (χ1v) is 17.7. The third-order valence-electron chi connectivity index (χ3n) is 13.7. The lowest BCUT2D eigenvalue weighted by atomic mass is 9.16. The van der Waals surface area contributed by atoms with Crippen molar-refractivity contribution in [3.8, 4) is 44.5 Å². The summed E-state index contributed by atoms with van der Waals surface area (Å²) in [5.41, 5.74) is 29.5. The fraction of sp³-hybridized carbons (Fsp3) is 0.130. The molecule has 0 amide bonds. The topological polar surface area (TPSA) is 0 Å². The van der Waals surface area contributed by atoms with E-state index in [4.69, 9.17) is 0 Å². The van der Waals surface area contributed by atoms with Crippen LogP contribution in [0, 0.1) is 41.5 Å². The number of aryl methyl sites for hydroxylation is 6. The molecule has 0 fully saturated rings. The maximum absolute atomic E-state index is 2.50. The maximum atomic E-state index is 2.50. The van der Waals surface area contributed by atoms with Crippen LogP contribution in [0.4, 0.5) is 0 Å². The summed E-state index contributed by atoms with van der Waals surface area (Å²) in [7, 11) is 0. The average Bonchev–Trinajstić information content (AvgIpc) is 3.08. The molecule has 0 spiro atoms. The standard InChI is InChI=1S/C46H30B2/c1-19-7-11-25-29-15-16-31-27-13-9-21(3)35-24(6)36-22(4)10-14-28-32-18-17-30-26-12-8-20(2)34-23(5)33(19)37(25)45(38(26)34)47-41(29)43(31)48(44(32)42(30)47)46(39(27)35)40(28)36/h7-18H,1-6H3. The second-order valence-corrected chi connectivity index (χ2v) is 15.6. The summed E-state index contributed by atoms with van der Waals surface area (Å²) in [6.45, 7) is 14.5. The molecule has 0 N–H and O–H groups in total. The van der Waals surface area contributed by atoms with Crippen molar-refractivity contribution in [2.75, 3.05) is 0 Å². The molecule has 2 heteroatoms. The van der Waals surface area contributed by atoms with Crippen molar-refractivity contribution in [3.63, 3.8) is 0 Å². The largest absolute Gasteiger partial charge is 0.243 e. The second kappa shape index (κ2) is 7.48. The predicted octanol–water partition coefficient (Wildman–Crippen LogP) is 7.42. The summed E-state index contributed by atoms with van der Waals surface area (Å²) in [5.74, 6) is 0. The van der Waals surface area contributed by atoms with Gasteiger partial charge in [0.05, 0.1) is 0 Å². The zero-order valence-corrected chi connectivity index (χ0v) is 28.1. The van der Waals surface area contributed by atoms with Crippen molar-refractivity contribution in [1.82, 2.24) is 0 Å². The van der Waals surface area contributed by atoms with Gasteiger partial charge in [-0.25, -0.2) is 0 Å². The summed E-state index contributed by atoms with van der Waals surface area (Å²) >= 11 is 0. The first-order chi connectivity index (χ1) is 23.4. The number of hydrogen-bond donors (Lipinski definition) is 0. The molecule has 0 atom stereocenters. The van der Waals surface area contributed by atoms with Crippen LogP contribution in [0.25, 0.3) is 87.6 Å². The van der Waals surface area contributed by atoms with E-state index in [9.17, 15) is 0 Å². The van der Waals surface area contributed by atoms with Crippen LogP contribution >= 0.6 is 0 Å². The highest BCUT2D eigenvalue weighted by Gasteiger charge is 2.52. The molecule has 0 bridgehead atoms. The van der Waals surface area contributed by atoms with Gasteiger partial charge in [-0.3, -0.25) is 0 Å². The van der Waals surface area contributed by atoms with Crippen molar-refractivity contribution < 1.29 is 0 Å². The van der Waals surface area contributed by atoms with Crippen molar-refractivity contribution in [2.24, 2.45) is 0 Å². The van der Waals surface area contributed by atoms with Crippen LogP contribution in [0.2, 0.25) is 0 Å². The molecule has 220 valence electrons. The first kappa shape index (κ1) is 25.0. The lowest BCUT2D eigenvalue weighted by Gasteiger charge is -2.46. The molecule has 8 aromatic carbocycles. The molecule has 13 rings (SSSR count). The lowest BCUT2D eigenvalue weighted by molar-refractivity contribution is 1.45. The molecule has 0 radical (unpaired) electrons. The Kier molecular flexibility index (Phi) is 3.90. The molecule has 5 aliphatic rings. The van der Waals surface area contributed by atoms with Gasteiger partial charge in [0.25, 0.3) is 0 Å². The van der Waals surface area contributed by atoms with Gasteiger partial charge in [0.1, 0.15) is 0 Å². The molecule has 0 saturated heterocycles. The van der Waals surface area contributed by atoms with Crippen molar-refractivity contribution in [2.45, 2.75) is 41.5 Å². The monoisotopic (exact) mass is 604 g/mol. The second-order valence-electron chi connectivity index (χ2n) is 15.6. The van der Waals surface area contributed by atoms with Crippen LogP contribution in [0.15, 0.2) is 72.8 Å². The van der Waals surface area contributed by atoms with Crippen LogP contribution in [-0.2, 0) is 0 Å². The van der Waals surface area contributed by atoms with Crippen LogP contribution in [0.3, 0.4) is 0 Å². The van der Waals surface area contributed by atoms with E-state index in [-0.39, 0.29) is 13.4 Å². The highest BCUT2D eigenvalue weighted by atomic mass is 14.4. The van der Waals surface area contributed by atoms with E-state index in [0.717, 1.165) is 0 Å². The summed E-state index contributed by atoms with van der Waals surface area (Å²) in [6.07, 6.45) is 0. The molecule has 0 aliphatic carbocycles. The fourth-order valence-corrected chi connectivity index (χ4v) is 12.2. The van der Waals surface area contributed by atoms with E-state index >= 15 is 0 Å². The van der Waals surface area contributed by atoms with Gasteiger partial charge in [0.15, 0.2) is 0 Å². The van der Waals surface area contributed by atoms with Crippen LogP contribution in [-0.4, -0.2) is 13.4 Å². The Morgan fingerprint density at radius 2 is 0.479 bits per heavy atom. The summed E-state index contributed by atoms with van der Waals surface area (Å²) in [4.78, 5) is 0. The van der Waals surface area contributed by atoms with Gasteiger partial charge in [-0.2, -0.15) is 0 Å². The SMILES string of the molecule is Cc1ccc2c3c4c5c(ccc(C)c5c(C)c13)-c1ccc3c5c1B4c1c-2ccc2c1B5c1c4c-2ccc(C)c4c(C)c2c(C)ccc-3c12. The van der Waals surface area contributed by atoms with E-state index in [1.54, 1.807) is 32.8 Å². The molecule has 0 saturated carbocycles. The van der Waals surface area contributed by atoms with Gasteiger partial charge < -0.3 is 0 Å². The van der Waals surface area contributed by atoms with E-state index in [2.05, 4.69) is 114 Å². The molecule has 5 heterocycles. The molecule has 0 nitrogen and oxygen atoms in total. The Balaban J connectivity index is 1.38. The zero-order valence-electron chi connectivity index (χ0n) is 28.1. The molecule has 0 unspecified atom stereocenters. The smallest absolute Gasteiger partial charge is 0.0648 e. The van der Waals surface area contributed by atoms with Gasteiger partial charge in [-0.1, -0.05) is 106 Å². The average molecular weight is 604 g/mol. The Morgan fingerprint density at radius 3 is 0.729 bits per heavy atom. The quantitative estimate of drug-likeness (QED) is 0.125. The normalized spacial score (nSPS) is 14.4. The maximum Gasteiger partial charge on any atom is 0.243 e. The van der Waals surface area contributed by atoms with Crippen LogP contribution in [0.5, 0.6) is 0 Å². The number of hydrogen-bond acceptors (Lipinski definition) is 0. The summed E-state index contributed by atoms with van der Waals surface area (Å²) < 4.78 is 0. The highest BCUT2D eigenvalue weighted by Crippen LogP contribution is 2.48. The first-order valence-electron chi connectivity index (χ1n) is 17.7. The highest BCUT2D eigenvalue weighted by molar-refractivity contribution is 7.16. The van der Waals surface area contributed by atoms with Crippen molar-refractivity contribution in [1.29, 1.82) is 0 Å². The molecule has 48 heavy (non-hydrogen) atoms. The predicted molar refractivity (Wildman–Crippen MR) is 210 cm³/mol. The van der Waals surface area contributed by atoms with Crippen LogP contribution in [0.1, 0.15) is 33.4 Å². The minimum Gasteiger partial charge on any atom is -0.0648 e. The van der Waals surface area contributed by atoms with Gasteiger partial charge in [-0.05, 0) is 163 Å². The zero-order chi connectivity index (χ0) is 31.8. The van der Waals surface area contributed by atoms with Gasteiger partial charge in [-0.15, -0.1) is 0 Å². The third-order valence-corrected chi connectivity index (χ3v) is 13.7. The molecule has 0 aromatic heterocycles. The Hall–Kier alpha value is -5.07. The molecular formula is C46H30B2. The summed E-state index contributed by atoms with van der Waals surface area (Å²) in [6, 6.07) is 29.4. The third kappa shape index (κ3) is 2.29. The molecule has 8 aromatic rings. The molecule has 5 aliphatic heterocycles. The Morgan fingerprint density at radius 1 is 0.250 bits per heavy atom. The van der Waals surface area contributed by atoms with Gasteiger partial charge in [0.2, 0.25) is 13.4 Å². The number of fused-ring (bicyclic) bond motifs is 4. The van der Waals surface area contributed by atoms with E-state index in [0.29, 0.717) is 0 Å². The van der Waals surface area contributed by atoms with Crippen molar-refractivity contribution in [3.05, 3.63) is 106 Å². The minimum absolute atomic E-state index is 0.237. The van der Waals surface area contributed by atoms with Gasteiger partial charge in [0, 0.05) is 0 Å². The van der Waals surface area contributed by atoms with Crippen LogP contribution < -0.4 is 32.8 Å². The Bertz CT molecular complexity index is 2660. The van der Waals surface area contributed by atoms with E-state index < -0.39 is 0 Å². The van der Waals surface area contributed by atoms with E-state index in [1.165, 1.54) is 121 Å². The minimum atomic E-state index is 0.237. The van der Waals surface area contributed by atoms with Gasteiger partial charge >= 0.3 is 0 Å². The van der Waals surface area contributed by atoms with Crippen molar-refractivity contribution >= 4 is 89.3 Å². The Labute approximate surface area is 280 Å². The summed E-state index contributed by atoms with van der Waals surface area (Å²) in [5, 5.41) is 11.9. The fourth-order valence-electron chi connectivity index (χ4n) is 12.2. The number of benzene rings is 8. The molecular weight excluding hydrogens is 574 g/mol. The lowest BCUT2D eigenvalue weighted by Crippen LogP contribution is -2.78. The number of rotatable bonds is 0.